The minimum atomic E-state index is 0.569. The van der Waals surface area contributed by atoms with E-state index in [2.05, 4.69) is 26.0 Å². The van der Waals surface area contributed by atoms with Crippen molar-refractivity contribution in [2.75, 3.05) is 0 Å². The third kappa shape index (κ3) is 2.07. The zero-order valence-electron chi connectivity index (χ0n) is 7.84. The molecule has 0 fully saturated rings. The Morgan fingerprint density at radius 3 is 3.00 bits per heavy atom. The highest BCUT2D eigenvalue weighted by Crippen LogP contribution is 2.26. The van der Waals surface area contributed by atoms with E-state index in [0.29, 0.717) is 5.92 Å². The lowest BCUT2D eigenvalue weighted by Crippen LogP contribution is -2.04. The van der Waals surface area contributed by atoms with Gasteiger partial charge in [-0.3, -0.25) is 4.79 Å². The summed E-state index contributed by atoms with van der Waals surface area (Å²) in [4.78, 5) is 10.7. The van der Waals surface area contributed by atoms with Crippen LogP contribution < -0.4 is 0 Å². The van der Waals surface area contributed by atoms with Gasteiger partial charge in [-0.25, -0.2) is 0 Å². The maximum atomic E-state index is 10.7. The maximum Gasteiger partial charge on any atom is 0.150 e. The van der Waals surface area contributed by atoms with E-state index in [1.807, 2.05) is 0 Å². The molecule has 0 radical (unpaired) electrons. The lowest BCUT2D eigenvalue weighted by atomic mass is 9.88. The molecule has 1 aliphatic rings. The predicted molar refractivity (Wildman–Crippen MR) is 50.9 cm³/mol. The van der Waals surface area contributed by atoms with Crippen molar-refractivity contribution in [2.45, 2.75) is 33.1 Å². The zero-order chi connectivity index (χ0) is 8.97. The van der Waals surface area contributed by atoms with Crippen molar-refractivity contribution in [3.8, 4) is 0 Å². The summed E-state index contributed by atoms with van der Waals surface area (Å²) < 4.78 is 0. The van der Waals surface area contributed by atoms with Crippen molar-refractivity contribution >= 4 is 6.29 Å². The summed E-state index contributed by atoms with van der Waals surface area (Å²) in [6.45, 7) is 4.26. The summed E-state index contributed by atoms with van der Waals surface area (Å²) in [5.74, 6) is 0.569. The molecule has 1 nitrogen and oxygen atoms in total. The summed E-state index contributed by atoms with van der Waals surface area (Å²) in [6, 6.07) is 0. The highest BCUT2D eigenvalue weighted by Gasteiger charge is 2.12. The normalized spacial score (nSPS) is 27.0. The Labute approximate surface area is 74.2 Å². The van der Waals surface area contributed by atoms with E-state index in [4.69, 9.17) is 0 Å². The van der Waals surface area contributed by atoms with Gasteiger partial charge in [0.05, 0.1) is 0 Å². The van der Waals surface area contributed by atoms with Crippen molar-refractivity contribution in [3.05, 3.63) is 23.3 Å². The van der Waals surface area contributed by atoms with Gasteiger partial charge in [0.25, 0.3) is 0 Å². The molecule has 1 rings (SSSR count). The third-order valence-electron chi connectivity index (χ3n) is 2.28. The standard InChI is InChI=1S/C11H16O/c1-3-4-10-6-5-9(2)7-11(10)8-12/h4,7-9H,3,5-6H2,1-2H3/b10-4-. The molecule has 1 heteroatoms. The molecular weight excluding hydrogens is 148 g/mol. The van der Waals surface area contributed by atoms with Gasteiger partial charge in [-0.2, -0.15) is 0 Å². The molecule has 1 aliphatic carbocycles. The fourth-order valence-electron chi connectivity index (χ4n) is 1.61. The van der Waals surface area contributed by atoms with E-state index in [-0.39, 0.29) is 0 Å². The molecule has 0 N–H and O–H groups in total. The van der Waals surface area contributed by atoms with Crippen LogP contribution in [0.15, 0.2) is 23.3 Å². The molecule has 0 spiro atoms. The molecule has 0 aromatic carbocycles. The van der Waals surface area contributed by atoms with Gasteiger partial charge in [-0.05, 0) is 30.8 Å². The predicted octanol–water partition coefficient (Wildman–Crippen LogP) is 2.88. The summed E-state index contributed by atoms with van der Waals surface area (Å²) >= 11 is 0. The molecule has 0 aliphatic heterocycles. The number of rotatable bonds is 2. The highest BCUT2D eigenvalue weighted by atomic mass is 16.1. The second-order valence-corrected chi connectivity index (χ2v) is 3.39. The Balaban J connectivity index is 2.84. The van der Waals surface area contributed by atoms with Crippen LogP contribution in [0.25, 0.3) is 0 Å². The fraction of sp³-hybridized carbons (Fsp3) is 0.545. The first kappa shape index (κ1) is 9.24. The van der Waals surface area contributed by atoms with Crippen molar-refractivity contribution in [3.63, 3.8) is 0 Å². The van der Waals surface area contributed by atoms with Crippen LogP contribution in [-0.4, -0.2) is 6.29 Å². The first-order valence-corrected chi connectivity index (χ1v) is 4.64. The molecule has 0 saturated carbocycles. The third-order valence-corrected chi connectivity index (χ3v) is 2.28. The van der Waals surface area contributed by atoms with Crippen LogP contribution in [0.3, 0.4) is 0 Å². The molecule has 0 aromatic heterocycles. The number of aldehydes is 1. The molecule has 0 amide bonds. The Morgan fingerprint density at radius 2 is 2.42 bits per heavy atom. The van der Waals surface area contributed by atoms with Crippen LogP contribution in [0.1, 0.15) is 33.1 Å². The fourth-order valence-corrected chi connectivity index (χ4v) is 1.61. The quantitative estimate of drug-likeness (QED) is 0.573. The van der Waals surface area contributed by atoms with Gasteiger partial charge in [-0.1, -0.05) is 26.0 Å². The van der Waals surface area contributed by atoms with E-state index >= 15 is 0 Å². The van der Waals surface area contributed by atoms with Crippen LogP contribution in [0, 0.1) is 5.92 Å². The maximum absolute atomic E-state index is 10.7. The van der Waals surface area contributed by atoms with Gasteiger partial charge in [0.2, 0.25) is 0 Å². The molecule has 12 heavy (non-hydrogen) atoms. The molecule has 0 saturated heterocycles. The first-order valence-electron chi connectivity index (χ1n) is 4.64. The Morgan fingerprint density at radius 1 is 1.67 bits per heavy atom. The SMILES string of the molecule is CC/C=C1/CCC(C)C=C1C=O. The van der Waals surface area contributed by atoms with E-state index < -0.39 is 0 Å². The number of carbonyl (C=O) groups is 1. The van der Waals surface area contributed by atoms with E-state index in [0.717, 1.165) is 24.7 Å². The summed E-state index contributed by atoms with van der Waals surface area (Å²) in [5.41, 5.74) is 2.15. The smallest absolute Gasteiger partial charge is 0.150 e. The van der Waals surface area contributed by atoms with E-state index in [1.165, 1.54) is 12.0 Å². The Hall–Kier alpha value is -0.850. The van der Waals surface area contributed by atoms with Crippen molar-refractivity contribution in [1.82, 2.24) is 0 Å². The van der Waals surface area contributed by atoms with Gasteiger partial charge in [0.1, 0.15) is 6.29 Å². The van der Waals surface area contributed by atoms with E-state index in [9.17, 15) is 4.79 Å². The van der Waals surface area contributed by atoms with Gasteiger partial charge in [0.15, 0.2) is 0 Å². The second-order valence-electron chi connectivity index (χ2n) is 3.39. The van der Waals surface area contributed by atoms with Gasteiger partial charge >= 0.3 is 0 Å². The van der Waals surface area contributed by atoms with Crippen LogP contribution in [0.5, 0.6) is 0 Å². The van der Waals surface area contributed by atoms with E-state index in [1.54, 1.807) is 0 Å². The topological polar surface area (TPSA) is 17.1 Å². The zero-order valence-corrected chi connectivity index (χ0v) is 7.84. The minimum absolute atomic E-state index is 0.569. The monoisotopic (exact) mass is 164 g/mol. The Bertz CT molecular complexity index is 223. The van der Waals surface area contributed by atoms with Crippen LogP contribution in [0.4, 0.5) is 0 Å². The summed E-state index contributed by atoms with van der Waals surface area (Å²) in [5, 5.41) is 0. The minimum Gasteiger partial charge on any atom is -0.298 e. The first-order chi connectivity index (χ1) is 5.77. The Kier molecular flexibility index (Phi) is 3.27. The molecule has 0 heterocycles. The number of hydrogen-bond acceptors (Lipinski definition) is 1. The summed E-state index contributed by atoms with van der Waals surface area (Å²) in [6.07, 6.45) is 8.50. The summed E-state index contributed by atoms with van der Waals surface area (Å²) in [7, 11) is 0. The largest absolute Gasteiger partial charge is 0.298 e. The molecular formula is C11H16O. The lowest BCUT2D eigenvalue weighted by molar-refractivity contribution is -0.104. The van der Waals surface area contributed by atoms with Crippen molar-refractivity contribution < 1.29 is 4.79 Å². The number of carbonyl (C=O) groups excluding carboxylic acids is 1. The molecule has 1 unspecified atom stereocenters. The average Bonchev–Trinajstić information content (AvgIpc) is 2.08. The van der Waals surface area contributed by atoms with Gasteiger partial charge < -0.3 is 0 Å². The van der Waals surface area contributed by atoms with Crippen LogP contribution >= 0.6 is 0 Å². The number of allylic oxidation sites excluding steroid dienone is 4. The average molecular weight is 164 g/mol. The van der Waals surface area contributed by atoms with Gasteiger partial charge in [0, 0.05) is 5.57 Å². The van der Waals surface area contributed by atoms with Crippen molar-refractivity contribution in [1.29, 1.82) is 0 Å². The molecule has 0 bridgehead atoms. The highest BCUT2D eigenvalue weighted by molar-refractivity contribution is 5.80. The van der Waals surface area contributed by atoms with Gasteiger partial charge in [-0.15, -0.1) is 0 Å². The van der Waals surface area contributed by atoms with Crippen molar-refractivity contribution in [2.24, 2.45) is 5.92 Å². The second kappa shape index (κ2) is 4.24. The number of hydrogen-bond donors (Lipinski definition) is 0. The van der Waals surface area contributed by atoms with Crippen LogP contribution in [-0.2, 0) is 4.79 Å². The van der Waals surface area contributed by atoms with Crippen LogP contribution in [0.2, 0.25) is 0 Å². The molecule has 1 atom stereocenters. The lowest BCUT2D eigenvalue weighted by Gasteiger charge is -2.17. The molecule has 0 aromatic rings. The molecule has 66 valence electrons.